The number of hydrazone groups is 1. The highest BCUT2D eigenvalue weighted by Crippen LogP contribution is 2.22. The fourth-order valence-electron chi connectivity index (χ4n) is 2.56. The maximum absolute atomic E-state index is 12.1. The lowest BCUT2D eigenvalue weighted by Gasteiger charge is -2.26. The quantitative estimate of drug-likeness (QED) is 0.572. The van der Waals surface area contributed by atoms with Gasteiger partial charge in [-0.15, -0.1) is 11.3 Å². The zero-order valence-corrected chi connectivity index (χ0v) is 16.1. The molecule has 1 amide bonds. The Bertz CT molecular complexity index is 780. The molecule has 0 bridgehead atoms. The first-order valence-electron chi connectivity index (χ1n) is 8.50. The minimum Gasteiger partial charge on any atom is -0.497 e. The van der Waals surface area contributed by atoms with Crippen molar-refractivity contribution in [3.63, 3.8) is 0 Å². The molecular formula is C18H22N4O4S. The first-order chi connectivity index (χ1) is 13.2. The van der Waals surface area contributed by atoms with Gasteiger partial charge in [0.15, 0.2) is 5.13 Å². The van der Waals surface area contributed by atoms with Crippen LogP contribution in [0.4, 0.5) is 5.13 Å². The van der Waals surface area contributed by atoms with Crippen molar-refractivity contribution < 1.29 is 19.0 Å². The summed E-state index contributed by atoms with van der Waals surface area (Å²) < 4.78 is 15.8. The Balaban J connectivity index is 1.54. The Kier molecular flexibility index (Phi) is 6.61. The number of hydrogen-bond acceptors (Lipinski definition) is 8. The number of carbonyl (C=O) groups excluding carboxylic acids is 1. The summed E-state index contributed by atoms with van der Waals surface area (Å²) in [6, 6.07) is 5.37. The number of anilines is 1. The second kappa shape index (κ2) is 9.33. The average molecular weight is 390 g/mol. The summed E-state index contributed by atoms with van der Waals surface area (Å²) in [5.74, 6) is 1.08. The lowest BCUT2D eigenvalue weighted by Crippen LogP contribution is -2.36. The topological polar surface area (TPSA) is 85.3 Å². The van der Waals surface area contributed by atoms with E-state index in [9.17, 15) is 4.79 Å². The van der Waals surface area contributed by atoms with E-state index in [1.807, 2.05) is 5.38 Å². The zero-order chi connectivity index (χ0) is 19.1. The summed E-state index contributed by atoms with van der Waals surface area (Å²) in [6.07, 6.45) is 1.72. The van der Waals surface area contributed by atoms with Crippen LogP contribution in [0.3, 0.4) is 0 Å². The molecule has 1 aliphatic heterocycles. The highest BCUT2D eigenvalue weighted by molar-refractivity contribution is 7.13. The van der Waals surface area contributed by atoms with Gasteiger partial charge >= 0.3 is 0 Å². The number of benzene rings is 1. The minimum atomic E-state index is -0.222. The summed E-state index contributed by atoms with van der Waals surface area (Å²) in [5, 5.41) is 6.83. The molecule has 0 unspecified atom stereocenters. The van der Waals surface area contributed by atoms with E-state index in [-0.39, 0.29) is 12.3 Å². The minimum absolute atomic E-state index is 0.180. The number of thiazole rings is 1. The fourth-order valence-corrected chi connectivity index (χ4v) is 3.44. The lowest BCUT2D eigenvalue weighted by atomic mass is 10.2. The van der Waals surface area contributed by atoms with E-state index in [2.05, 4.69) is 20.4 Å². The van der Waals surface area contributed by atoms with Crippen molar-refractivity contribution >= 4 is 28.6 Å². The first kappa shape index (κ1) is 19.1. The van der Waals surface area contributed by atoms with Crippen LogP contribution in [-0.4, -0.2) is 57.6 Å². The third-order valence-electron chi connectivity index (χ3n) is 3.94. The Morgan fingerprint density at radius 3 is 2.67 bits per heavy atom. The highest BCUT2D eigenvalue weighted by Gasteiger charge is 2.15. The van der Waals surface area contributed by atoms with Gasteiger partial charge in [0.2, 0.25) is 5.91 Å². The van der Waals surface area contributed by atoms with Gasteiger partial charge in [-0.3, -0.25) is 4.79 Å². The molecule has 8 nitrogen and oxygen atoms in total. The van der Waals surface area contributed by atoms with Crippen LogP contribution in [-0.2, 0) is 16.0 Å². The van der Waals surface area contributed by atoms with Crippen LogP contribution in [0, 0.1) is 0 Å². The maximum atomic E-state index is 12.1. The van der Waals surface area contributed by atoms with Gasteiger partial charge in [-0.1, -0.05) is 0 Å². The van der Waals surface area contributed by atoms with Gasteiger partial charge in [0.05, 0.1) is 45.8 Å². The van der Waals surface area contributed by atoms with Gasteiger partial charge in [0, 0.05) is 30.1 Å². The third-order valence-corrected chi connectivity index (χ3v) is 4.89. The van der Waals surface area contributed by atoms with E-state index in [0.29, 0.717) is 24.7 Å². The van der Waals surface area contributed by atoms with Crippen molar-refractivity contribution in [3.05, 3.63) is 34.8 Å². The van der Waals surface area contributed by atoms with E-state index in [1.165, 1.54) is 11.3 Å². The lowest BCUT2D eigenvalue weighted by molar-refractivity contribution is -0.120. The normalized spacial score (nSPS) is 14.4. The Labute approximate surface area is 161 Å². The van der Waals surface area contributed by atoms with Crippen LogP contribution in [0.5, 0.6) is 11.5 Å². The van der Waals surface area contributed by atoms with Crippen LogP contribution >= 0.6 is 11.3 Å². The Hall–Kier alpha value is -2.65. The molecule has 1 aromatic carbocycles. The molecule has 0 radical (unpaired) electrons. The predicted octanol–water partition coefficient (Wildman–Crippen LogP) is 1.69. The molecule has 144 valence electrons. The van der Waals surface area contributed by atoms with Crippen molar-refractivity contribution in [1.82, 2.24) is 10.4 Å². The van der Waals surface area contributed by atoms with E-state index in [0.717, 1.165) is 29.5 Å². The highest BCUT2D eigenvalue weighted by atomic mass is 32.1. The summed E-state index contributed by atoms with van der Waals surface area (Å²) in [7, 11) is 3.16. The van der Waals surface area contributed by atoms with Crippen LogP contribution in [0.2, 0.25) is 0 Å². The number of hydrogen-bond donors (Lipinski definition) is 1. The van der Waals surface area contributed by atoms with Crippen LogP contribution in [0.15, 0.2) is 28.7 Å². The molecule has 0 spiro atoms. The second-order valence-corrected chi connectivity index (χ2v) is 6.67. The molecule has 2 heterocycles. The number of methoxy groups -OCH3 is 2. The average Bonchev–Trinajstić information content (AvgIpc) is 3.16. The summed E-state index contributed by atoms with van der Waals surface area (Å²) in [6.45, 7) is 3.07. The summed E-state index contributed by atoms with van der Waals surface area (Å²) in [5.41, 5.74) is 4.02. The number of rotatable bonds is 7. The molecule has 1 aliphatic rings. The van der Waals surface area contributed by atoms with E-state index < -0.39 is 0 Å². The smallest absolute Gasteiger partial charge is 0.246 e. The van der Waals surface area contributed by atoms with Gasteiger partial charge < -0.3 is 19.1 Å². The Morgan fingerprint density at radius 1 is 1.30 bits per heavy atom. The van der Waals surface area contributed by atoms with Crippen molar-refractivity contribution in [3.8, 4) is 11.5 Å². The predicted molar refractivity (Wildman–Crippen MR) is 104 cm³/mol. The van der Waals surface area contributed by atoms with Crippen LogP contribution in [0.1, 0.15) is 11.3 Å². The molecule has 9 heteroatoms. The molecule has 0 aliphatic carbocycles. The number of nitrogens with zero attached hydrogens (tertiary/aromatic N) is 3. The standard InChI is InChI=1S/C18H22N4O4S/c1-24-15-7-13(8-16(10-15)25-2)11-19-21-17(23)9-14-12-27-18(20-14)22-3-5-26-6-4-22/h7-8,10-12H,3-6,9H2,1-2H3,(H,21,23)/b19-11-. The van der Waals surface area contributed by atoms with E-state index in [4.69, 9.17) is 14.2 Å². The zero-order valence-electron chi connectivity index (χ0n) is 15.3. The molecule has 0 atom stereocenters. The first-order valence-corrected chi connectivity index (χ1v) is 9.38. The fraction of sp³-hybridized carbons (Fsp3) is 0.389. The maximum Gasteiger partial charge on any atom is 0.246 e. The van der Waals surface area contributed by atoms with Crippen LogP contribution in [0.25, 0.3) is 0 Å². The Morgan fingerprint density at radius 2 is 2.00 bits per heavy atom. The molecule has 1 N–H and O–H groups in total. The monoisotopic (exact) mass is 390 g/mol. The molecule has 1 fully saturated rings. The summed E-state index contributed by atoms with van der Waals surface area (Å²) >= 11 is 1.54. The molecule has 1 saturated heterocycles. The number of carbonyl (C=O) groups is 1. The number of nitrogens with one attached hydrogen (secondary N) is 1. The van der Waals surface area contributed by atoms with Gasteiger partial charge in [0.25, 0.3) is 0 Å². The van der Waals surface area contributed by atoms with E-state index in [1.54, 1.807) is 38.6 Å². The number of amides is 1. The third kappa shape index (κ3) is 5.41. The molecular weight excluding hydrogens is 368 g/mol. The van der Waals surface area contributed by atoms with Crippen molar-refractivity contribution in [1.29, 1.82) is 0 Å². The van der Waals surface area contributed by atoms with E-state index >= 15 is 0 Å². The molecule has 2 aromatic rings. The van der Waals surface area contributed by atoms with Crippen molar-refractivity contribution in [2.45, 2.75) is 6.42 Å². The largest absolute Gasteiger partial charge is 0.497 e. The number of aromatic nitrogens is 1. The van der Waals surface area contributed by atoms with Gasteiger partial charge in [-0.05, 0) is 12.1 Å². The van der Waals surface area contributed by atoms with Gasteiger partial charge in [-0.2, -0.15) is 5.10 Å². The molecule has 27 heavy (non-hydrogen) atoms. The molecule has 3 rings (SSSR count). The number of ether oxygens (including phenoxy) is 3. The second-order valence-electron chi connectivity index (χ2n) is 5.84. The molecule has 0 saturated carbocycles. The summed E-state index contributed by atoms with van der Waals surface area (Å²) in [4.78, 5) is 18.8. The SMILES string of the molecule is COc1cc(/C=N\NC(=O)Cc2csc(N3CCOCC3)n2)cc(OC)c1. The van der Waals surface area contributed by atoms with Crippen molar-refractivity contribution in [2.75, 3.05) is 45.4 Å². The number of morpholine rings is 1. The van der Waals surface area contributed by atoms with Gasteiger partial charge in [0.1, 0.15) is 11.5 Å². The van der Waals surface area contributed by atoms with Crippen LogP contribution < -0.4 is 19.8 Å². The molecule has 1 aromatic heterocycles. The van der Waals surface area contributed by atoms with Crippen molar-refractivity contribution in [2.24, 2.45) is 5.10 Å². The van der Waals surface area contributed by atoms with Gasteiger partial charge in [-0.25, -0.2) is 10.4 Å².